The number of fused-ring (bicyclic) bond motifs is 4. The summed E-state index contributed by atoms with van der Waals surface area (Å²) >= 11 is 4.38. The van der Waals surface area contributed by atoms with Gasteiger partial charge in [0, 0.05) is 16.5 Å². The van der Waals surface area contributed by atoms with Crippen LogP contribution in [0.5, 0.6) is 11.5 Å². The van der Waals surface area contributed by atoms with Crippen molar-refractivity contribution in [2.45, 2.75) is 31.1 Å². The molecule has 0 atom stereocenters. The Balaban J connectivity index is 2.05. The Hall–Kier alpha value is -0.500. The molecule has 1 spiro atoms. The minimum Gasteiger partial charge on any atom is -0.507 e. The van der Waals surface area contributed by atoms with Crippen LogP contribution in [0.15, 0.2) is 24.3 Å². The topological polar surface area (TPSA) is 40.5 Å². The molecular formula is C17H14I2O2. The fraction of sp³-hybridized carbons (Fsp3) is 0.294. The van der Waals surface area contributed by atoms with Gasteiger partial charge in [0.05, 0.1) is 7.14 Å². The summed E-state index contributed by atoms with van der Waals surface area (Å²) in [5, 5.41) is 21.3. The minimum atomic E-state index is -0.193. The molecule has 0 amide bonds. The minimum absolute atomic E-state index is 0.193. The molecule has 21 heavy (non-hydrogen) atoms. The van der Waals surface area contributed by atoms with E-state index in [1.165, 1.54) is 11.1 Å². The van der Waals surface area contributed by atoms with E-state index in [0.29, 0.717) is 11.5 Å². The monoisotopic (exact) mass is 504 g/mol. The summed E-state index contributed by atoms with van der Waals surface area (Å²) in [7, 11) is 0. The van der Waals surface area contributed by atoms with E-state index in [2.05, 4.69) is 57.3 Å². The molecule has 2 nitrogen and oxygen atoms in total. The molecule has 0 heterocycles. The van der Waals surface area contributed by atoms with Crippen LogP contribution >= 0.6 is 45.2 Å². The summed E-state index contributed by atoms with van der Waals surface area (Å²) in [5.41, 5.74) is 4.40. The maximum atomic E-state index is 10.6. The number of hydrogen-bond acceptors (Lipinski definition) is 2. The van der Waals surface area contributed by atoms with Crippen molar-refractivity contribution in [3.63, 3.8) is 0 Å². The molecule has 0 fully saturated rings. The van der Waals surface area contributed by atoms with Crippen LogP contribution in [0.3, 0.4) is 0 Å². The fourth-order valence-corrected chi connectivity index (χ4v) is 5.04. The van der Waals surface area contributed by atoms with E-state index in [1.807, 2.05) is 12.1 Å². The number of phenols is 2. The third-order valence-electron chi connectivity index (χ3n) is 5.03. The van der Waals surface area contributed by atoms with Crippen LogP contribution in [0.2, 0.25) is 0 Å². The third-order valence-corrected chi connectivity index (χ3v) is 6.77. The number of phenolic OH excluding ortho intramolecular Hbond substituents is 2. The van der Waals surface area contributed by atoms with E-state index >= 15 is 0 Å². The van der Waals surface area contributed by atoms with Crippen LogP contribution in [0.4, 0.5) is 0 Å². The zero-order chi connectivity index (χ0) is 14.8. The van der Waals surface area contributed by atoms with Gasteiger partial charge in [-0.1, -0.05) is 12.1 Å². The lowest BCUT2D eigenvalue weighted by Gasteiger charge is -2.28. The van der Waals surface area contributed by atoms with E-state index in [1.54, 1.807) is 0 Å². The Morgan fingerprint density at radius 3 is 1.62 bits per heavy atom. The standard InChI is InChI=1S/C17H14I2O2/c18-11-3-1-9-5-7-17(13(9)15(11)20)8-6-10-2-4-12(19)16(21)14(10)17/h1-4,20-21H,5-8H2. The van der Waals surface area contributed by atoms with Crippen molar-refractivity contribution in [1.82, 2.24) is 0 Å². The van der Waals surface area contributed by atoms with Gasteiger partial charge in [0.15, 0.2) is 0 Å². The zero-order valence-electron chi connectivity index (χ0n) is 11.3. The lowest BCUT2D eigenvalue weighted by molar-refractivity contribution is 0.413. The molecule has 0 saturated heterocycles. The Morgan fingerprint density at radius 2 is 1.19 bits per heavy atom. The van der Waals surface area contributed by atoms with Gasteiger partial charge in [-0.25, -0.2) is 0 Å². The second-order valence-corrected chi connectivity index (χ2v) is 8.27. The predicted molar refractivity (Wildman–Crippen MR) is 99.1 cm³/mol. The second kappa shape index (κ2) is 4.75. The average Bonchev–Trinajstić information content (AvgIpc) is 3.02. The predicted octanol–water partition coefficient (Wildman–Crippen LogP) is 4.49. The molecule has 4 rings (SSSR count). The van der Waals surface area contributed by atoms with Crippen LogP contribution in [0, 0.1) is 7.14 Å². The van der Waals surface area contributed by atoms with Crippen molar-refractivity contribution in [3.05, 3.63) is 53.7 Å². The van der Waals surface area contributed by atoms with E-state index in [-0.39, 0.29) is 5.41 Å². The number of rotatable bonds is 0. The molecule has 2 N–H and O–H groups in total. The molecule has 0 radical (unpaired) electrons. The molecule has 0 saturated carbocycles. The molecule has 2 aromatic carbocycles. The van der Waals surface area contributed by atoms with Gasteiger partial charge in [-0.2, -0.15) is 0 Å². The first-order valence-corrected chi connectivity index (χ1v) is 9.22. The average molecular weight is 504 g/mol. The number of aromatic hydroxyl groups is 2. The summed E-state index contributed by atoms with van der Waals surface area (Å²) in [6.45, 7) is 0. The van der Waals surface area contributed by atoms with Crippen molar-refractivity contribution in [1.29, 1.82) is 0 Å². The highest BCUT2D eigenvalue weighted by Gasteiger charge is 2.48. The third kappa shape index (κ3) is 1.81. The van der Waals surface area contributed by atoms with Crippen LogP contribution < -0.4 is 0 Å². The lowest BCUT2D eigenvalue weighted by Crippen LogP contribution is -2.22. The molecule has 0 aromatic heterocycles. The van der Waals surface area contributed by atoms with Gasteiger partial charge in [0.1, 0.15) is 11.5 Å². The van der Waals surface area contributed by atoms with E-state index < -0.39 is 0 Å². The van der Waals surface area contributed by atoms with Crippen LogP contribution in [0.25, 0.3) is 0 Å². The van der Waals surface area contributed by atoms with Crippen molar-refractivity contribution in [2.75, 3.05) is 0 Å². The zero-order valence-corrected chi connectivity index (χ0v) is 15.6. The van der Waals surface area contributed by atoms with Gasteiger partial charge in [-0.3, -0.25) is 0 Å². The smallest absolute Gasteiger partial charge is 0.133 e. The Labute approximate surface area is 150 Å². The largest absolute Gasteiger partial charge is 0.507 e. The number of halogens is 2. The molecular weight excluding hydrogens is 490 g/mol. The first-order chi connectivity index (χ1) is 10.0. The highest BCUT2D eigenvalue weighted by molar-refractivity contribution is 14.1. The molecule has 0 aliphatic heterocycles. The van der Waals surface area contributed by atoms with Gasteiger partial charge in [-0.15, -0.1) is 0 Å². The molecule has 0 bridgehead atoms. The van der Waals surface area contributed by atoms with Crippen molar-refractivity contribution < 1.29 is 10.2 Å². The van der Waals surface area contributed by atoms with Gasteiger partial charge in [0.2, 0.25) is 0 Å². The van der Waals surface area contributed by atoms with Crippen molar-refractivity contribution >= 4 is 45.2 Å². The number of benzene rings is 2. The molecule has 108 valence electrons. The van der Waals surface area contributed by atoms with Gasteiger partial charge >= 0.3 is 0 Å². The highest BCUT2D eigenvalue weighted by Crippen LogP contribution is 2.58. The maximum Gasteiger partial charge on any atom is 0.133 e. The maximum absolute atomic E-state index is 10.6. The molecule has 2 aliphatic carbocycles. The second-order valence-electron chi connectivity index (χ2n) is 5.94. The quantitative estimate of drug-likeness (QED) is 0.520. The summed E-state index contributed by atoms with van der Waals surface area (Å²) in [4.78, 5) is 0. The molecule has 0 unspecified atom stereocenters. The fourth-order valence-electron chi connectivity index (χ4n) is 4.15. The highest BCUT2D eigenvalue weighted by atomic mass is 127. The Morgan fingerprint density at radius 1 is 0.762 bits per heavy atom. The van der Waals surface area contributed by atoms with Crippen molar-refractivity contribution in [3.8, 4) is 11.5 Å². The summed E-state index contributed by atoms with van der Waals surface area (Å²) < 4.78 is 1.79. The number of aryl methyl sites for hydroxylation is 2. The van der Waals surface area contributed by atoms with Gasteiger partial charge < -0.3 is 10.2 Å². The summed E-state index contributed by atoms with van der Waals surface area (Å²) in [6, 6.07) is 8.24. The lowest BCUT2D eigenvalue weighted by atomic mass is 9.76. The first kappa shape index (κ1) is 14.1. The van der Waals surface area contributed by atoms with Crippen LogP contribution in [0.1, 0.15) is 35.1 Å². The van der Waals surface area contributed by atoms with E-state index in [4.69, 9.17) is 0 Å². The normalized spacial score (nSPS) is 18.0. The van der Waals surface area contributed by atoms with Crippen molar-refractivity contribution in [2.24, 2.45) is 0 Å². The van der Waals surface area contributed by atoms with Gasteiger partial charge in [-0.05, 0) is 94.1 Å². The number of hydrogen-bond donors (Lipinski definition) is 2. The first-order valence-electron chi connectivity index (χ1n) is 7.06. The summed E-state index contributed by atoms with van der Waals surface area (Å²) in [5.74, 6) is 0.827. The van der Waals surface area contributed by atoms with Gasteiger partial charge in [0.25, 0.3) is 0 Å². The molecule has 4 heteroatoms. The summed E-state index contributed by atoms with van der Waals surface area (Å²) in [6.07, 6.45) is 3.92. The van der Waals surface area contributed by atoms with Crippen LogP contribution in [-0.4, -0.2) is 10.2 Å². The molecule has 2 aliphatic rings. The Bertz CT molecular complexity index is 702. The molecule has 2 aromatic rings. The Kier molecular flexibility index (Phi) is 3.19. The van der Waals surface area contributed by atoms with Crippen LogP contribution in [-0.2, 0) is 18.3 Å². The van der Waals surface area contributed by atoms with E-state index in [9.17, 15) is 10.2 Å². The SMILES string of the molecule is Oc1c(I)ccc2c1C1(CC2)CCc2ccc(I)c(O)c21. The van der Waals surface area contributed by atoms with E-state index in [0.717, 1.165) is 44.0 Å².